The van der Waals surface area contributed by atoms with Gasteiger partial charge in [0.2, 0.25) is 0 Å². The predicted octanol–water partition coefficient (Wildman–Crippen LogP) is 2.80. The summed E-state index contributed by atoms with van der Waals surface area (Å²) in [6.07, 6.45) is 0. The molecule has 0 radical (unpaired) electrons. The number of hydrogen-bond acceptors (Lipinski definition) is 4. The zero-order valence-corrected chi connectivity index (χ0v) is 8.80. The Morgan fingerprint density at radius 3 is 3.00 bits per heavy atom. The van der Waals surface area contributed by atoms with Crippen molar-refractivity contribution in [3.63, 3.8) is 0 Å². The van der Waals surface area contributed by atoms with Gasteiger partial charge >= 0.3 is 0 Å². The van der Waals surface area contributed by atoms with E-state index < -0.39 is 0 Å². The van der Waals surface area contributed by atoms with Crippen LogP contribution in [0, 0.1) is 6.92 Å². The average molecular weight is 206 g/mol. The largest absolute Gasteiger partial charge is 0.411 e. The van der Waals surface area contributed by atoms with E-state index in [2.05, 4.69) is 16.2 Å². The van der Waals surface area contributed by atoms with E-state index in [9.17, 15) is 0 Å². The van der Waals surface area contributed by atoms with Crippen LogP contribution >= 0.6 is 11.3 Å². The molecule has 0 unspecified atom stereocenters. The summed E-state index contributed by atoms with van der Waals surface area (Å²) < 4.78 is 1.12. The Balaban J connectivity index is 2.62. The normalized spacial score (nSPS) is 12.3. The number of rotatable bonds is 1. The Labute approximate surface area is 85.7 Å². The molecule has 1 N–H and O–H groups in total. The SMILES string of the molecule is C/C(=N/O)c1nc2cc(C)ccc2s1. The van der Waals surface area contributed by atoms with Crippen LogP contribution in [-0.2, 0) is 0 Å². The van der Waals surface area contributed by atoms with Gasteiger partial charge in [0.25, 0.3) is 0 Å². The van der Waals surface area contributed by atoms with Gasteiger partial charge in [-0.05, 0) is 31.5 Å². The molecule has 0 spiro atoms. The minimum atomic E-state index is 0.559. The summed E-state index contributed by atoms with van der Waals surface area (Å²) in [7, 11) is 0. The van der Waals surface area contributed by atoms with Gasteiger partial charge in [0, 0.05) is 0 Å². The van der Waals surface area contributed by atoms with Crippen molar-refractivity contribution in [1.29, 1.82) is 0 Å². The number of thiazole rings is 1. The number of aromatic nitrogens is 1. The van der Waals surface area contributed by atoms with Crippen molar-refractivity contribution in [3.8, 4) is 0 Å². The topological polar surface area (TPSA) is 45.5 Å². The van der Waals surface area contributed by atoms with Crippen LogP contribution in [0.25, 0.3) is 10.2 Å². The Morgan fingerprint density at radius 2 is 2.29 bits per heavy atom. The lowest BCUT2D eigenvalue weighted by atomic mass is 10.2. The molecule has 3 nitrogen and oxygen atoms in total. The summed E-state index contributed by atoms with van der Waals surface area (Å²) in [6.45, 7) is 3.77. The molecular formula is C10H10N2OS. The molecule has 1 heterocycles. The van der Waals surface area contributed by atoms with Crippen LogP contribution in [0.1, 0.15) is 17.5 Å². The first-order valence-corrected chi connectivity index (χ1v) is 5.08. The number of fused-ring (bicyclic) bond motifs is 1. The third-order valence-electron chi connectivity index (χ3n) is 2.00. The molecule has 0 aliphatic carbocycles. The Morgan fingerprint density at radius 1 is 1.50 bits per heavy atom. The van der Waals surface area contributed by atoms with Crippen molar-refractivity contribution in [2.24, 2.45) is 5.16 Å². The lowest BCUT2D eigenvalue weighted by molar-refractivity contribution is 0.319. The van der Waals surface area contributed by atoms with Crippen molar-refractivity contribution in [2.45, 2.75) is 13.8 Å². The number of benzene rings is 1. The molecule has 0 fully saturated rings. The highest BCUT2D eigenvalue weighted by atomic mass is 32.1. The molecular weight excluding hydrogens is 196 g/mol. The van der Waals surface area contributed by atoms with E-state index >= 15 is 0 Å². The fourth-order valence-corrected chi connectivity index (χ4v) is 2.12. The first-order chi connectivity index (χ1) is 6.70. The zero-order chi connectivity index (χ0) is 10.1. The smallest absolute Gasteiger partial charge is 0.142 e. The van der Waals surface area contributed by atoms with Gasteiger partial charge in [-0.2, -0.15) is 0 Å². The summed E-state index contributed by atoms with van der Waals surface area (Å²) in [5.74, 6) is 0. The van der Waals surface area contributed by atoms with Crippen LogP contribution in [0.5, 0.6) is 0 Å². The van der Waals surface area contributed by atoms with E-state index in [0.717, 1.165) is 15.2 Å². The number of hydrogen-bond donors (Lipinski definition) is 1. The summed E-state index contributed by atoms with van der Waals surface area (Å²) >= 11 is 1.54. The van der Waals surface area contributed by atoms with Crippen LogP contribution in [0.3, 0.4) is 0 Å². The maximum Gasteiger partial charge on any atom is 0.142 e. The van der Waals surface area contributed by atoms with Gasteiger partial charge in [-0.15, -0.1) is 11.3 Å². The molecule has 4 heteroatoms. The molecule has 2 aromatic rings. The first-order valence-electron chi connectivity index (χ1n) is 4.27. The van der Waals surface area contributed by atoms with Crippen molar-refractivity contribution < 1.29 is 5.21 Å². The number of oxime groups is 1. The number of nitrogens with zero attached hydrogens (tertiary/aromatic N) is 2. The average Bonchev–Trinajstić information content (AvgIpc) is 2.59. The fraction of sp³-hybridized carbons (Fsp3) is 0.200. The molecule has 0 bridgehead atoms. The molecule has 14 heavy (non-hydrogen) atoms. The van der Waals surface area contributed by atoms with E-state index in [1.165, 1.54) is 16.9 Å². The molecule has 0 saturated heterocycles. The van der Waals surface area contributed by atoms with E-state index in [1.807, 2.05) is 19.1 Å². The Hall–Kier alpha value is -1.42. The molecule has 0 amide bonds. The number of aryl methyl sites for hydroxylation is 1. The fourth-order valence-electron chi connectivity index (χ4n) is 1.23. The maximum absolute atomic E-state index is 8.62. The second-order valence-electron chi connectivity index (χ2n) is 3.18. The van der Waals surface area contributed by atoms with Crippen molar-refractivity contribution in [3.05, 3.63) is 28.8 Å². The van der Waals surface area contributed by atoms with E-state index in [-0.39, 0.29) is 0 Å². The van der Waals surface area contributed by atoms with E-state index in [4.69, 9.17) is 5.21 Å². The molecule has 0 aliphatic rings. The van der Waals surface area contributed by atoms with Gasteiger partial charge in [0.1, 0.15) is 10.7 Å². The maximum atomic E-state index is 8.62. The van der Waals surface area contributed by atoms with Gasteiger partial charge in [0.05, 0.1) is 10.2 Å². The Bertz CT molecular complexity index is 502. The van der Waals surface area contributed by atoms with Gasteiger partial charge in [0.15, 0.2) is 0 Å². The van der Waals surface area contributed by atoms with E-state index in [0.29, 0.717) is 5.71 Å². The molecule has 1 aromatic heterocycles. The summed E-state index contributed by atoms with van der Waals surface area (Å²) in [5, 5.41) is 12.5. The van der Waals surface area contributed by atoms with E-state index in [1.54, 1.807) is 6.92 Å². The molecule has 72 valence electrons. The minimum Gasteiger partial charge on any atom is -0.411 e. The van der Waals surface area contributed by atoms with Crippen LogP contribution < -0.4 is 0 Å². The standard InChI is InChI=1S/C10H10N2OS/c1-6-3-4-9-8(5-6)11-10(14-9)7(2)12-13/h3-5,13H,1-2H3/b12-7-. The highest BCUT2D eigenvalue weighted by Gasteiger charge is 2.06. The van der Waals surface area contributed by atoms with Crippen LogP contribution in [0.2, 0.25) is 0 Å². The molecule has 0 aliphatic heterocycles. The van der Waals surface area contributed by atoms with Crippen LogP contribution in [0.4, 0.5) is 0 Å². The Kier molecular flexibility index (Phi) is 2.21. The van der Waals surface area contributed by atoms with Gasteiger partial charge in [-0.1, -0.05) is 11.2 Å². The summed E-state index contributed by atoms with van der Waals surface area (Å²) in [4.78, 5) is 4.37. The monoisotopic (exact) mass is 206 g/mol. The lowest BCUT2D eigenvalue weighted by Gasteiger charge is -1.88. The second kappa shape index (κ2) is 3.38. The van der Waals surface area contributed by atoms with Crippen molar-refractivity contribution in [2.75, 3.05) is 0 Å². The lowest BCUT2D eigenvalue weighted by Crippen LogP contribution is -1.91. The third-order valence-corrected chi connectivity index (χ3v) is 3.15. The first kappa shape index (κ1) is 9.15. The highest BCUT2D eigenvalue weighted by Crippen LogP contribution is 2.23. The highest BCUT2D eigenvalue weighted by molar-refractivity contribution is 7.20. The van der Waals surface area contributed by atoms with Gasteiger partial charge < -0.3 is 5.21 Å². The summed E-state index contributed by atoms with van der Waals surface area (Å²) in [6, 6.07) is 6.12. The minimum absolute atomic E-state index is 0.559. The van der Waals surface area contributed by atoms with Crippen LogP contribution in [-0.4, -0.2) is 15.9 Å². The molecule has 0 saturated carbocycles. The van der Waals surface area contributed by atoms with Crippen LogP contribution in [0.15, 0.2) is 23.4 Å². The predicted molar refractivity (Wildman–Crippen MR) is 58.4 cm³/mol. The summed E-state index contributed by atoms with van der Waals surface area (Å²) in [5.41, 5.74) is 2.71. The van der Waals surface area contributed by atoms with Gasteiger partial charge in [-0.3, -0.25) is 0 Å². The zero-order valence-electron chi connectivity index (χ0n) is 7.98. The molecule has 0 atom stereocenters. The quantitative estimate of drug-likeness (QED) is 0.443. The third kappa shape index (κ3) is 1.48. The van der Waals surface area contributed by atoms with Crippen molar-refractivity contribution in [1.82, 2.24) is 4.98 Å². The molecule has 2 rings (SSSR count). The second-order valence-corrected chi connectivity index (χ2v) is 4.21. The molecule has 1 aromatic carbocycles. The van der Waals surface area contributed by atoms with Gasteiger partial charge in [-0.25, -0.2) is 4.98 Å². The van der Waals surface area contributed by atoms with Crippen molar-refractivity contribution >= 4 is 27.3 Å².